The highest BCUT2D eigenvalue weighted by Gasteiger charge is 2.23. The number of hydrogen-bond acceptors (Lipinski definition) is 5. The van der Waals surface area contributed by atoms with Gasteiger partial charge in [0.1, 0.15) is 22.0 Å². The molecule has 0 fully saturated rings. The summed E-state index contributed by atoms with van der Waals surface area (Å²) >= 11 is 0.953. The Balaban J connectivity index is 2.05. The van der Waals surface area contributed by atoms with Crippen LogP contribution < -0.4 is 4.72 Å². The van der Waals surface area contributed by atoms with Crippen LogP contribution in [0.15, 0.2) is 50.0 Å². The van der Waals surface area contributed by atoms with Crippen molar-refractivity contribution in [2.75, 3.05) is 4.72 Å². The van der Waals surface area contributed by atoms with Crippen molar-refractivity contribution in [1.82, 2.24) is 0 Å². The number of fused-ring (bicyclic) bond motifs is 1. The summed E-state index contributed by atoms with van der Waals surface area (Å²) < 4.78 is 35.4. The third-order valence-electron chi connectivity index (χ3n) is 3.02. The van der Waals surface area contributed by atoms with Crippen molar-refractivity contribution in [3.05, 3.63) is 42.0 Å². The Morgan fingerprint density at radius 3 is 2.71 bits per heavy atom. The summed E-state index contributed by atoms with van der Waals surface area (Å²) in [7, 11) is -3.85. The first-order valence-corrected chi connectivity index (χ1v) is 8.23. The second-order valence-corrected chi connectivity index (χ2v) is 6.64. The molecule has 1 aliphatic heterocycles. The summed E-state index contributed by atoms with van der Waals surface area (Å²) in [6.07, 6.45) is 0. The van der Waals surface area contributed by atoms with Crippen LogP contribution in [0.4, 0.5) is 17.1 Å². The number of aryl methyl sites for hydroxylation is 1. The average molecular weight is 321 g/mol. The van der Waals surface area contributed by atoms with Gasteiger partial charge < -0.3 is 5.11 Å². The number of rotatable bonds is 3. The molecular weight excluding hydrogens is 310 g/mol. The summed E-state index contributed by atoms with van der Waals surface area (Å²) in [5, 5.41) is 9.93. The van der Waals surface area contributed by atoms with Gasteiger partial charge in [0.15, 0.2) is 0 Å². The van der Waals surface area contributed by atoms with Gasteiger partial charge in [-0.15, -0.1) is 0 Å². The second-order valence-electron chi connectivity index (χ2n) is 4.46. The summed E-state index contributed by atoms with van der Waals surface area (Å²) in [6.45, 7) is 1.69. The number of nitrogens with zero attached hydrogens (tertiary/aromatic N) is 2. The molecule has 0 saturated heterocycles. The van der Waals surface area contributed by atoms with Crippen LogP contribution in [-0.4, -0.2) is 13.5 Å². The summed E-state index contributed by atoms with van der Waals surface area (Å²) in [4.78, 5) is 0.0367. The first kappa shape index (κ1) is 13.8. The highest BCUT2D eigenvalue weighted by Crippen LogP contribution is 2.38. The van der Waals surface area contributed by atoms with Crippen LogP contribution >= 0.6 is 0 Å². The van der Waals surface area contributed by atoms with Crippen LogP contribution in [0.5, 0.6) is 5.75 Å². The molecule has 0 saturated carbocycles. The molecule has 0 unspecified atom stereocenters. The number of phenolic OH excluding ortho intramolecular Hbond substituents is 1. The number of benzene rings is 2. The molecule has 0 aromatic heterocycles. The van der Waals surface area contributed by atoms with Gasteiger partial charge in [0.25, 0.3) is 10.0 Å². The van der Waals surface area contributed by atoms with E-state index in [0.29, 0.717) is 16.9 Å². The van der Waals surface area contributed by atoms with E-state index in [2.05, 4.69) is 13.4 Å². The zero-order chi connectivity index (χ0) is 15.0. The van der Waals surface area contributed by atoms with E-state index in [1.807, 2.05) is 0 Å². The largest absolute Gasteiger partial charge is 0.505 e. The highest BCUT2D eigenvalue weighted by atomic mass is 32.2. The first-order chi connectivity index (χ1) is 9.99. The number of anilines is 1. The first-order valence-electron chi connectivity index (χ1n) is 6.02. The standard InChI is InChI=1S/C13H11N3O3S2/c1-8-4-2-6-10(13(8)17)16-21(18,19)11-7-3-5-9-12(11)15-20-14-9/h2-7,16-17H,1H3. The Morgan fingerprint density at radius 1 is 1.14 bits per heavy atom. The molecule has 21 heavy (non-hydrogen) atoms. The molecule has 108 valence electrons. The Hall–Kier alpha value is -2.19. The lowest BCUT2D eigenvalue weighted by Crippen LogP contribution is -2.13. The Morgan fingerprint density at radius 2 is 1.90 bits per heavy atom. The van der Waals surface area contributed by atoms with Crippen LogP contribution in [-0.2, 0) is 21.4 Å². The molecule has 0 radical (unpaired) electrons. The highest BCUT2D eigenvalue weighted by molar-refractivity contribution is 7.93. The van der Waals surface area contributed by atoms with Gasteiger partial charge in [-0.1, -0.05) is 18.2 Å². The van der Waals surface area contributed by atoms with Crippen LogP contribution in [0.3, 0.4) is 0 Å². The van der Waals surface area contributed by atoms with E-state index in [-0.39, 0.29) is 16.3 Å². The van der Waals surface area contributed by atoms with Gasteiger partial charge in [-0.3, -0.25) is 4.72 Å². The van der Waals surface area contributed by atoms with E-state index in [9.17, 15) is 13.5 Å². The maximum Gasteiger partial charge on any atom is 0.264 e. The van der Waals surface area contributed by atoms with Crippen molar-refractivity contribution in [2.45, 2.75) is 11.8 Å². The fourth-order valence-electron chi connectivity index (χ4n) is 1.94. The van der Waals surface area contributed by atoms with Crippen molar-refractivity contribution in [2.24, 2.45) is 8.73 Å². The Labute approximate surface area is 125 Å². The zero-order valence-electron chi connectivity index (χ0n) is 10.9. The van der Waals surface area contributed by atoms with Crippen molar-refractivity contribution in [3.8, 4) is 5.75 Å². The van der Waals surface area contributed by atoms with Gasteiger partial charge in [0.2, 0.25) is 0 Å². The number of aromatic hydroxyl groups is 1. The van der Waals surface area contributed by atoms with Crippen molar-refractivity contribution < 1.29 is 13.5 Å². The number of sulfonamides is 1. The van der Waals surface area contributed by atoms with E-state index < -0.39 is 10.0 Å². The van der Waals surface area contributed by atoms with Crippen LogP contribution in [0, 0.1) is 6.92 Å². The number of hydrogen-bond donors (Lipinski definition) is 2. The lowest BCUT2D eigenvalue weighted by Gasteiger charge is -2.12. The van der Waals surface area contributed by atoms with Gasteiger partial charge in [0, 0.05) is 0 Å². The minimum atomic E-state index is -3.85. The molecule has 0 amide bonds. The van der Waals surface area contributed by atoms with Crippen LogP contribution in [0.25, 0.3) is 0 Å². The predicted molar refractivity (Wildman–Crippen MR) is 81.6 cm³/mol. The van der Waals surface area contributed by atoms with E-state index in [1.54, 1.807) is 31.2 Å². The third-order valence-corrected chi connectivity index (χ3v) is 4.96. The lowest BCUT2D eigenvalue weighted by atomic mass is 10.2. The third kappa shape index (κ3) is 2.43. The summed E-state index contributed by atoms with van der Waals surface area (Å²) in [6, 6.07) is 9.62. The fraction of sp³-hybridized carbons (Fsp3) is 0.0769. The van der Waals surface area contributed by atoms with Gasteiger partial charge >= 0.3 is 0 Å². The molecule has 0 bridgehead atoms. The quantitative estimate of drug-likeness (QED) is 0.726. The summed E-state index contributed by atoms with van der Waals surface area (Å²) in [5.74, 6) is -0.0929. The molecule has 2 aromatic carbocycles. The molecule has 2 N–H and O–H groups in total. The molecule has 3 rings (SSSR count). The minimum Gasteiger partial charge on any atom is -0.505 e. The Bertz CT molecular complexity index is 901. The van der Waals surface area contributed by atoms with E-state index in [1.165, 1.54) is 12.1 Å². The maximum absolute atomic E-state index is 12.5. The van der Waals surface area contributed by atoms with Crippen molar-refractivity contribution in [1.29, 1.82) is 0 Å². The van der Waals surface area contributed by atoms with Gasteiger partial charge in [-0.05, 0) is 30.7 Å². The predicted octanol–water partition coefficient (Wildman–Crippen LogP) is 3.23. The fourth-order valence-corrected chi connectivity index (χ4v) is 3.77. The van der Waals surface area contributed by atoms with Gasteiger partial charge in [-0.2, -0.15) is 8.73 Å². The molecule has 1 aliphatic rings. The molecular formula is C13H11N3O3S2. The average Bonchev–Trinajstić information content (AvgIpc) is 2.91. The van der Waals surface area contributed by atoms with Crippen molar-refractivity contribution >= 4 is 38.4 Å². The molecule has 2 aromatic rings. The maximum atomic E-state index is 12.5. The molecule has 0 atom stereocenters. The second kappa shape index (κ2) is 4.97. The molecule has 8 heteroatoms. The minimum absolute atomic E-state index is 0.0367. The van der Waals surface area contributed by atoms with Gasteiger partial charge in [0.05, 0.1) is 17.0 Å². The van der Waals surface area contributed by atoms with Gasteiger partial charge in [-0.25, -0.2) is 8.42 Å². The Kier molecular flexibility index (Phi) is 3.26. The van der Waals surface area contributed by atoms with Crippen LogP contribution in [0.2, 0.25) is 0 Å². The number of para-hydroxylation sites is 1. The zero-order valence-corrected chi connectivity index (χ0v) is 12.6. The summed E-state index contributed by atoms with van der Waals surface area (Å²) in [5.41, 5.74) is 1.57. The van der Waals surface area contributed by atoms with E-state index >= 15 is 0 Å². The molecule has 1 heterocycles. The normalized spacial score (nSPS) is 12.8. The van der Waals surface area contributed by atoms with E-state index in [4.69, 9.17) is 0 Å². The van der Waals surface area contributed by atoms with E-state index in [0.717, 1.165) is 11.4 Å². The molecule has 0 aliphatic carbocycles. The SMILES string of the molecule is Cc1cccc(NS(=O)(=O)c2cccc3c2N=S=N3)c1O. The molecule has 6 nitrogen and oxygen atoms in total. The smallest absolute Gasteiger partial charge is 0.264 e. The van der Waals surface area contributed by atoms with Crippen LogP contribution in [0.1, 0.15) is 5.56 Å². The monoisotopic (exact) mass is 321 g/mol. The number of phenols is 1. The number of nitrogens with one attached hydrogen (secondary N) is 1. The topological polar surface area (TPSA) is 91.1 Å². The molecule has 0 spiro atoms. The van der Waals surface area contributed by atoms with Crippen molar-refractivity contribution in [3.63, 3.8) is 0 Å². The lowest BCUT2D eigenvalue weighted by molar-refractivity contribution is 0.473.